The monoisotopic (exact) mass is 542 g/mol. The molecule has 0 radical (unpaired) electrons. The van der Waals surface area contributed by atoms with Crippen LogP contribution in [0.5, 0.6) is 0 Å². The van der Waals surface area contributed by atoms with Crippen molar-refractivity contribution in [2.45, 2.75) is 90.9 Å². The van der Waals surface area contributed by atoms with Crippen LogP contribution >= 0.6 is 15.6 Å². The molecule has 0 bridgehead atoms. The first-order chi connectivity index (χ1) is 15.1. The van der Waals surface area contributed by atoms with Gasteiger partial charge in [0.05, 0.1) is 13.2 Å². The van der Waals surface area contributed by atoms with Crippen molar-refractivity contribution < 1.29 is 71.0 Å². The molecule has 0 spiro atoms. The zero-order valence-corrected chi connectivity index (χ0v) is 22.5. The number of unbranched alkanes of at least 4 members (excludes halogenated alkanes) is 10. The van der Waals surface area contributed by atoms with Gasteiger partial charge in [-0.15, -0.1) is 0 Å². The normalized spacial score (nSPS) is 14.1. The summed E-state index contributed by atoms with van der Waals surface area (Å²) in [7, 11) is -9.17. The van der Waals surface area contributed by atoms with E-state index in [1.54, 1.807) is 0 Å². The molecule has 0 aromatic carbocycles. The second-order valence-corrected chi connectivity index (χ2v) is 9.82. The van der Waals surface area contributed by atoms with Crippen LogP contribution in [0.4, 0.5) is 0 Å². The molecule has 0 aliphatic rings. The molecule has 0 saturated heterocycles. The van der Waals surface area contributed by atoms with E-state index in [1.165, 1.54) is 12.8 Å². The van der Waals surface area contributed by atoms with Crippen LogP contribution in [-0.2, 0) is 51.0 Å². The van der Waals surface area contributed by atoms with Crippen LogP contribution in [0, 0.1) is 0 Å². The summed E-state index contributed by atoms with van der Waals surface area (Å²) in [5.41, 5.74) is 0. The van der Waals surface area contributed by atoms with E-state index in [9.17, 15) is 18.9 Å². The molecule has 2 atom stereocenters. The summed E-state index contributed by atoms with van der Waals surface area (Å²) in [6, 6.07) is 0. The first kappa shape index (κ1) is 36.8. The van der Waals surface area contributed by atoms with E-state index in [0.29, 0.717) is 12.8 Å². The van der Waals surface area contributed by atoms with Crippen LogP contribution in [-0.4, -0.2) is 45.8 Å². The van der Waals surface area contributed by atoms with Crippen molar-refractivity contribution in [3.63, 3.8) is 0 Å². The standard InChI is InChI=1S/C16H36O7P2.C2H4O3.O.Ti/c1-3-5-7-9-11-13-15-21-24(17,18)23-25(19,20)22-16-14-12-10-8-6-4-2;3-1-2(4)5;;/h3-16H2,1-2H3,(H,17,18)(H,19,20);3H,1H2,(H,4,5);;. The van der Waals surface area contributed by atoms with Gasteiger partial charge in [-0.25, -0.2) is 13.9 Å². The quantitative estimate of drug-likeness (QED) is 0.0992. The van der Waals surface area contributed by atoms with Crippen LogP contribution in [0.25, 0.3) is 0 Å². The summed E-state index contributed by atoms with van der Waals surface area (Å²) in [5, 5.41) is 15.0. The van der Waals surface area contributed by atoms with E-state index in [0.717, 1.165) is 71.8 Å². The van der Waals surface area contributed by atoms with Crippen molar-refractivity contribution in [1.82, 2.24) is 0 Å². The third kappa shape index (κ3) is 32.4. The molecule has 0 amide bonds. The number of carbonyl (C=O) groups is 1. The summed E-state index contributed by atoms with van der Waals surface area (Å²) >= 11 is 0.750. The number of hydrogen-bond donors (Lipinski definition) is 4. The number of aliphatic hydroxyl groups excluding tert-OH is 1. The second kappa shape index (κ2) is 25.8. The maximum atomic E-state index is 11.7. The second-order valence-electron chi connectivity index (χ2n) is 6.77. The zero-order chi connectivity index (χ0) is 25.3. The molecule has 0 fully saturated rings. The van der Waals surface area contributed by atoms with E-state index in [-0.39, 0.29) is 13.2 Å². The first-order valence-corrected chi connectivity index (χ1v) is 14.4. The van der Waals surface area contributed by atoms with Gasteiger partial charge in [-0.3, -0.25) is 9.05 Å². The minimum absolute atomic E-state index is 0.0112. The number of carboxylic acid groups (broad SMARTS) is 1. The van der Waals surface area contributed by atoms with Gasteiger partial charge >= 0.3 is 45.3 Å². The van der Waals surface area contributed by atoms with Gasteiger partial charge in [0.25, 0.3) is 0 Å². The molecule has 0 aromatic rings. The predicted molar refractivity (Wildman–Crippen MR) is 115 cm³/mol. The third-order valence-electron chi connectivity index (χ3n) is 3.85. The number of phosphoric acid groups is 2. The maximum absolute atomic E-state index is 11.7. The summed E-state index contributed by atoms with van der Waals surface area (Å²) in [6.07, 6.45) is 11.9. The topological polar surface area (TPSA) is 177 Å². The molecule has 14 heteroatoms. The Bertz CT molecular complexity index is 487. The van der Waals surface area contributed by atoms with Gasteiger partial charge in [0.15, 0.2) is 0 Å². The van der Waals surface area contributed by atoms with Gasteiger partial charge in [-0.2, -0.15) is 4.31 Å². The Hall–Kier alpha value is 0.204. The summed E-state index contributed by atoms with van der Waals surface area (Å²) in [4.78, 5) is 28.1. The Morgan fingerprint density at radius 1 is 0.719 bits per heavy atom. The van der Waals surface area contributed by atoms with Crippen molar-refractivity contribution in [2.75, 3.05) is 19.8 Å². The van der Waals surface area contributed by atoms with Crippen LogP contribution in [0.2, 0.25) is 0 Å². The summed E-state index contributed by atoms with van der Waals surface area (Å²) in [6.45, 7) is 3.50. The molecule has 0 aliphatic carbocycles. The molecular formula is C18H40O11P2Ti. The molecule has 0 aromatic heterocycles. The zero-order valence-electron chi connectivity index (χ0n) is 19.1. The number of aliphatic hydroxyl groups is 1. The van der Waals surface area contributed by atoms with Crippen molar-refractivity contribution in [2.24, 2.45) is 0 Å². The molecule has 0 heterocycles. The molecule has 0 aliphatic heterocycles. The number of rotatable bonds is 19. The Morgan fingerprint density at radius 3 is 1.28 bits per heavy atom. The van der Waals surface area contributed by atoms with Gasteiger partial charge in [-0.1, -0.05) is 78.1 Å². The number of phosphoric ester groups is 2. The molecule has 11 nitrogen and oxygen atoms in total. The molecule has 2 unspecified atom stereocenters. The van der Waals surface area contributed by atoms with E-state index >= 15 is 0 Å². The first-order valence-electron chi connectivity index (χ1n) is 10.8. The van der Waals surface area contributed by atoms with E-state index in [2.05, 4.69) is 18.2 Å². The molecular weight excluding hydrogens is 502 g/mol. The van der Waals surface area contributed by atoms with Crippen molar-refractivity contribution in [3.05, 3.63) is 0 Å². The average Bonchev–Trinajstić information content (AvgIpc) is 2.73. The summed E-state index contributed by atoms with van der Waals surface area (Å²) in [5.74, 6) is -1.19. The molecule has 32 heavy (non-hydrogen) atoms. The minimum atomic E-state index is -4.58. The molecule has 0 saturated carbocycles. The fraction of sp³-hybridized carbons (Fsp3) is 0.944. The Labute approximate surface area is 203 Å². The van der Waals surface area contributed by atoms with Crippen LogP contribution in [0.3, 0.4) is 0 Å². The van der Waals surface area contributed by atoms with E-state index < -0.39 is 28.2 Å². The Morgan fingerprint density at radius 2 is 1.00 bits per heavy atom. The molecule has 192 valence electrons. The molecule has 4 N–H and O–H groups in total. The summed E-state index contributed by atoms with van der Waals surface area (Å²) < 4.78 is 45.3. The van der Waals surface area contributed by atoms with Gasteiger partial charge in [0.1, 0.15) is 6.61 Å². The van der Waals surface area contributed by atoms with Gasteiger partial charge in [0, 0.05) is 0 Å². The fourth-order valence-electron chi connectivity index (χ4n) is 2.30. The van der Waals surface area contributed by atoms with E-state index in [1.807, 2.05) is 0 Å². The fourth-order valence-corrected chi connectivity index (χ4v) is 4.44. The average molecular weight is 542 g/mol. The predicted octanol–water partition coefficient (Wildman–Crippen LogP) is 4.90. The van der Waals surface area contributed by atoms with Crippen molar-refractivity contribution in [1.29, 1.82) is 0 Å². The number of carboxylic acids is 1. The van der Waals surface area contributed by atoms with Crippen LogP contribution < -0.4 is 0 Å². The SMILES string of the molecule is CCCCCCCCOP(=O)(O)OP(=O)(O)OCCCCCCCC.O=C(O)CO.[O]=[Ti]. The molecule has 0 rings (SSSR count). The number of hydrogen-bond acceptors (Lipinski definition) is 8. The van der Waals surface area contributed by atoms with Crippen molar-refractivity contribution >= 4 is 21.6 Å². The van der Waals surface area contributed by atoms with Crippen LogP contribution in [0.1, 0.15) is 90.9 Å². The van der Waals surface area contributed by atoms with Gasteiger partial charge in [0.2, 0.25) is 0 Å². The van der Waals surface area contributed by atoms with Gasteiger partial charge < -0.3 is 20.0 Å². The van der Waals surface area contributed by atoms with Crippen molar-refractivity contribution in [3.8, 4) is 0 Å². The number of aliphatic carboxylic acids is 1. The third-order valence-corrected chi connectivity index (χ3v) is 6.51. The Balaban J connectivity index is -0.00000105. The van der Waals surface area contributed by atoms with Gasteiger partial charge in [-0.05, 0) is 12.8 Å². The Kier molecular flexibility index (Phi) is 29.7. The van der Waals surface area contributed by atoms with Crippen LogP contribution in [0.15, 0.2) is 0 Å². The van der Waals surface area contributed by atoms with E-state index in [4.69, 9.17) is 27.4 Å².